The smallest absolute Gasteiger partial charge is 0.274 e. The summed E-state index contributed by atoms with van der Waals surface area (Å²) < 4.78 is 19.4. The van der Waals surface area contributed by atoms with E-state index in [1.165, 1.54) is 13.2 Å². The van der Waals surface area contributed by atoms with E-state index in [0.29, 0.717) is 31.6 Å². The molecule has 2 amide bonds. The molecule has 4 aliphatic rings. The first kappa shape index (κ1) is 23.4. The van der Waals surface area contributed by atoms with Crippen molar-refractivity contribution in [3.63, 3.8) is 0 Å². The highest BCUT2D eigenvalue weighted by atomic mass is 19.1. The van der Waals surface area contributed by atoms with Gasteiger partial charge in [-0.2, -0.15) is 5.10 Å². The van der Waals surface area contributed by atoms with Gasteiger partial charge in [0.25, 0.3) is 5.91 Å². The number of aliphatic hydroxyl groups is 1. The molecule has 36 heavy (non-hydrogen) atoms. The molecule has 1 aliphatic heterocycles. The number of hydrogen-bond acceptors (Lipinski definition) is 6. The third-order valence-electron chi connectivity index (χ3n) is 9.05. The number of H-pyrrole nitrogens is 1. The zero-order chi connectivity index (χ0) is 25.1. The number of halogens is 1. The second-order valence-electron chi connectivity index (χ2n) is 11.4. The molecule has 1 atom stereocenters. The van der Waals surface area contributed by atoms with Crippen molar-refractivity contribution in [1.29, 1.82) is 0 Å². The summed E-state index contributed by atoms with van der Waals surface area (Å²) >= 11 is 0. The number of hydrogen-bond donors (Lipinski definition) is 3. The predicted octanol–water partition coefficient (Wildman–Crippen LogP) is 2.82. The van der Waals surface area contributed by atoms with Crippen LogP contribution in [0.4, 0.5) is 4.39 Å². The van der Waals surface area contributed by atoms with Crippen molar-refractivity contribution in [2.75, 3.05) is 20.2 Å². The standard InChI is InChI=1S/C26H32FN5O4/c1-36-21-10-17(18(27)13-28-21)19-11-20(31-30-19)23(34)32-9-2-16(12-25(32)5-6-25)22(33)29-15-24-3-7-26(35,14-24)8-4-24/h10-11,13,16,35H,2-9,12,14-15H2,1H3,(H,29,33)(H,30,31)/t16-,24?,26?/m0/s1. The summed E-state index contributed by atoms with van der Waals surface area (Å²) in [4.78, 5) is 32.2. The zero-order valence-corrected chi connectivity index (χ0v) is 20.5. The molecule has 2 aromatic heterocycles. The van der Waals surface area contributed by atoms with Crippen molar-refractivity contribution in [2.45, 2.75) is 68.9 Å². The molecule has 9 nitrogen and oxygen atoms in total. The Labute approximate surface area is 208 Å². The second kappa shape index (κ2) is 8.26. The topological polar surface area (TPSA) is 120 Å². The lowest BCUT2D eigenvalue weighted by Gasteiger charge is -2.39. The Bertz CT molecular complexity index is 1200. The molecule has 1 saturated heterocycles. The van der Waals surface area contributed by atoms with Gasteiger partial charge in [0.2, 0.25) is 11.8 Å². The molecule has 3 N–H and O–H groups in total. The number of nitrogens with one attached hydrogen (secondary N) is 2. The molecule has 1 spiro atoms. The number of fused-ring (bicyclic) bond motifs is 2. The molecule has 10 heteroatoms. The molecule has 3 aliphatic carbocycles. The summed E-state index contributed by atoms with van der Waals surface area (Å²) in [6.45, 7) is 1.12. The van der Waals surface area contributed by atoms with Gasteiger partial charge < -0.3 is 20.1 Å². The molecular weight excluding hydrogens is 465 g/mol. The minimum Gasteiger partial charge on any atom is -0.481 e. The van der Waals surface area contributed by atoms with Crippen molar-refractivity contribution in [2.24, 2.45) is 11.3 Å². The van der Waals surface area contributed by atoms with Crippen LogP contribution in [0, 0.1) is 17.2 Å². The van der Waals surface area contributed by atoms with E-state index in [1.807, 2.05) is 4.90 Å². The van der Waals surface area contributed by atoms with Gasteiger partial charge in [-0.15, -0.1) is 0 Å². The Kier molecular flexibility index (Phi) is 5.37. The Morgan fingerprint density at radius 3 is 2.69 bits per heavy atom. The molecule has 2 aromatic rings. The van der Waals surface area contributed by atoms with E-state index < -0.39 is 11.4 Å². The number of aromatic amines is 1. The summed E-state index contributed by atoms with van der Waals surface area (Å²) in [5.74, 6) is -0.534. The number of pyridine rings is 1. The number of methoxy groups -OCH3 is 1. The largest absolute Gasteiger partial charge is 0.481 e. The van der Waals surface area contributed by atoms with Crippen molar-refractivity contribution in [3.05, 3.63) is 29.8 Å². The summed E-state index contributed by atoms with van der Waals surface area (Å²) in [6, 6.07) is 3.01. The van der Waals surface area contributed by atoms with Gasteiger partial charge in [-0.25, -0.2) is 9.37 Å². The van der Waals surface area contributed by atoms with Crippen LogP contribution in [0.5, 0.6) is 5.88 Å². The fourth-order valence-electron chi connectivity index (χ4n) is 6.75. The molecular formula is C26H32FN5O4. The SMILES string of the molecule is COc1cc(-c2cc(C(=O)N3CC[C@H](C(=O)NCC45CCC(O)(CC4)C5)CC34CC4)n[nH]2)c(F)cn1. The van der Waals surface area contributed by atoms with Gasteiger partial charge in [-0.05, 0) is 69.3 Å². The molecule has 3 heterocycles. The summed E-state index contributed by atoms with van der Waals surface area (Å²) in [6.07, 6.45) is 8.47. The third-order valence-corrected chi connectivity index (χ3v) is 9.05. The van der Waals surface area contributed by atoms with Crippen LogP contribution in [-0.2, 0) is 4.79 Å². The van der Waals surface area contributed by atoms with Gasteiger partial charge in [0.1, 0.15) is 0 Å². The Morgan fingerprint density at radius 1 is 1.25 bits per heavy atom. The van der Waals surface area contributed by atoms with Crippen molar-refractivity contribution in [1.82, 2.24) is 25.4 Å². The number of nitrogens with zero attached hydrogens (tertiary/aromatic N) is 3. The number of rotatable bonds is 6. The maximum Gasteiger partial charge on any atom is 0.274 e. The first-order valence-corrected chi connectivity index (χ1v) is 12.8. The average Bonchev–Trinajstić information content (AvgIpc) is 3.23. The van der Waals surface area contributed by atoms with E-state index in [9.17, 15) is 19.1 Å². The number of piperidine rings is 1. The molecule has 4 fully saturated rings. The van der Waals surface area contributed by atoms with Crippen LogP contribution in [-0.4, -0.2) is 68.3 Å². The van der Waals surface area contributed by atoms with E-state index in [4.69, 9.17) is 4.74 Å². The fourth-order valence-corrected chi connectivity index (χ4v) is 6.75. The molecule has 0 aromatic carbocycles. The van der Waals surface area contributed by atoms with E-state index >= 15 is 0 Å². The van der Waals surface area contributed by atoms with Gasteiger partial charge in [0, 0.05) is 36.2 Å². The highest BCUT2D eigenvalue weighted by molar-refractivity contribution is 5.94. The zero-order valence-electron chi connectivity index (χ0n) is 20.5. The summed E-state index contributed by atoms with van der Waals surface area (Å²) in [7, 11) is 1.45. The number of aromatic nitrogens is 3. The van der Waals surface area contributed by atoms with E-state index in [-0.39, 0.29) is 45.8 Å². The predicted molar refractivity (Wildman–Crippen MR) is 128 cm³/mol. The number of amides is 2. The second-order valence-corrected chi connectivity index (χ2v) is 11.4. The Morgan fingerprint density at radius 2 is 2.03 bits per heavy atom. The van der Waals surface area contributed by atoms with E-state index in [1.54, 1.807) is 6.07 Å². The fraction of sp³-hybridized carbons (Fsp3) is 0.615. The number of carbonyl (C=O) groups is 2. The summed E-state index contributed by atoms with van der Waals surface area (Å²) in [5.41, 5.74) is 0.0573. The lowest BCUT2D eigenvalue weighted by Crippen LogP contribution is -2.51. The Hall–Kier alpha value is -3.01. The van der Waals surface area contributed by atoms with E-state index in [2.05, 4.69) is 20.5 Å². The van der Waals surface area contributed by atoms with Gasteiger partial charge in [0.15, 0.2) is 11.5 Å². The van der Waals surface area contributed by atoms with Gasteiger partial charge in [0.05, 0.1) is 24.6 Å². The highest BCUT2D eigenvalue weighted by Crippen LogP contribution is 2.56. The van der Waals surface area contributed by atoms with Gasteiger partial charge >= 0.3 is 0 Å². The van der Waals surface area contributed by atoms with Crippen LogP contribution in [0.3, 0.4) is 0 Å². The van der Waals surface area contributed by atoms with E-state index in [0.717, 1.165) is 51.1 Å². The highest BCUT2D eigenvalue weighted by Gasteiger charge is 2.56. The maximum absolute atomic E-state index is 14.3. The van der Waals surface area contributed by atoms with Crippen LogP contribution < -0.4 is 10.1 Å². The van der Waals surface area contributed by atoms with Crippen LogP contribution in [0.1, 0.15) is 68.3 Å². The lowest BCUT2D eigenvalue weighted by molar-refractivity contribution is -0.127. The minimum atomic E-state index is -0.539. The van der Waals surface area contributed by atoms with Crippen LogP contribution in [0.25, 0.3) is 11.3 Å². The maximum atomic E-state index is 14.3. The Balaban J connectivity index is 1.10. The van der Waals surface area contributed by atoms with Crippen molar-refractivity contribution >= 4 is 11.8 Å². The van der Waals surface area contributed by atoms with Crippen LogP contribution in [0.15, 0.2) is 18.3 Å². The lowest BCUT2D eigenvalue weighted by atomic mass is 9.83. The molecule has 6 rings (SSSR count). The van der Waals surface area contributed by atoms with Gasteiger partial charge in [-0.3, -0.25) is 14.7 Å². The van der Waals surface area contributed by atoms with Gasteiger partial charge in [-0.1, -0.05) is 0 Å². The molecule has 0 radical (unpaired) electrons. The third kappa shape index (κ3) is 3.95. The molecule has 2 bridgehead atoms. The number of likely N-dealkylation sites (tertiary alicyclic amines) is 1. The average molecular weight is 498 g/mol. The number of carbonyl (C=O) groups excluding carboxylic acids is 2. The van der Waals surface area contributed by atoms with Crippen LogP contribution in [0.2, 0.25) is 0 Å². The first-order valence-electron chi connectivity index (χ1n) is 12.8. The minimum absolute atomic E-state index is 0.0499. The molecule has 3 saturated carbocycles. The van der Waals surface area contributed by atoms with Crippen molar-refractivity contribution in [3.8, 4) is 17.1 Å². The van der Waals surface area contributed by atoms with Crippen LogP contribution >= 0.6 is 0 Å². The van der Waals surface area contributed by atoms with Crippen molar-refractivity contribution < 1.29 is 23.8 Å². The molecule has 192 valence electrons. The first-order chi connectivity index (χ1) is 17.2. The molecule has 0 unspecified atom stereocenters. The summed E-state index contributed by atoms with van der Waals surface area (Å²) in [5, 5.41) is 20.6. The number of ether oxygens (including phenoxy) is 1. The quantitative estimate of drug-likeness (QED) is 0.565. The monoisotopic (exact) mass is 497 g/mol. The normalized spacial score (nSPS) is 30.0.